The Bertz CT molecular complexity index is 259. The van der Waals surface area contributed by atoms with Gasteiger partial charge >= 0.3 is 0 Å². The van der Waals surface area contributed by atoms with Crippen LogP contribution in [0.1, 0.15) is 13.8 Å². The first kappa shape index (κ1) is 18.6. The van der Waals surface area contributed by atoms with E-state index in [1.54, 1.807) is 10.8 Å². The number of hydrogen-bond donors (Lipinski definition) is 0. The molecule has 0 aromatic heterocycles. The first-order chi connectivity index (χ1) is 8.08. The summed E-state index contributed by atoms with van der Waals surface area (Å²) in [7, 11) is 9.85. The van der Waals surface area contributed by atoms with Gasteiger partial charge in [-0.25, -0.2) is 4.99 Å². The van der Waals surface area contributed by atoms with Gasteiger partial charge in [0.25, 0.3) is 0 Å². The summed E-state index contributed by atoms with van der Waals surface area (Å²) in [6, 6.07) is 0. The topological polar surface area (TPSA) is 22.1 Å². The van der Waals surface area contributed by atoms with E-state index in [4.69, 9.17) is 4.99 Å². The van der Waals surface area contributed by atoms with Crippen molar-refractivity contribution in [2.24, 2.45) is 4.99 Å². The van der Waals surface area contributed by atoms with Crippen LogP contribution in [0.2, 0.25) is 0 Å². The van der Waals surface area contributed by atoms with E-state index >= 15 is 0 Å². The van der Waals surface area contributed by atoms with E-state index < -0.39 is 0 Å². The number of hydrogen-bond acceptors (Lipinski definition) is 6. The van der Waals surface area contributed by atoms with E-state index in [0.717, 1.165) is 31.3 Å². The number of amidine groups is 1. The summed E-state index contributed by atoms with van der Waals surface area (Å²) in [5.74, 6) is 0. The summed E-state index contributed by atoms with van der Waals surface area (Å²) in [5.41, 5.74) is 0.271. The molecule has 1 aliphatic heterocycles. The second-order valence-electron chi connectivity index (χ2n) is 4.32. The van der Waals surface area contributed by atoms with Crippen molar-refractivity contribution < 1.29 is 0 Å². The highest BCUT2D eigenvalue weighted by Gasteiger charge is 2.24. The Kier molecular flexibility index (Phi) is 9.77. The number of aliphatic imine (C=N–C) groups is 1. The predicted octanol–water partition coefficient (Wildman–Crippen LogP) is 2.43. The van der Waals surface area contributed by atoms with Gasteiger partial charge in [-0.05, 0) is 41.7 Å². The number of halogens is 1. The van der Waals surface area contributed by atoms with Crippen molar-refractivity contribution in [3.63, 3.8) is 0 Å². The van der Waals surface area contributed by atoms with Crippen LogP contribution in [-0.4, -0.2) is 72.7 Å². The maximum absolute atomic E-state index is 4.69. The molecule has 0 fully saturated rings. The molecule has 0 spiro atoms. The van der Waals surface area contributed by atoms with Crippen LogP contribution < -0.4 is 0 Å². The van der Waals surface area contributed by atoms with Gasteiger partial charge in [-0.3, -0.25) is 4.90 Å². The fraction of sp³-hybridized carbons (Fsp3) is 0.909. The molecule has 1 atom stereocenters. The number of nitrogens with zero attached hydrogens (tertiary/aromatic N) is 4. The zero-order chi connectivity index (χ0) is 12.8. The second kappa shape index (κ2) is 9.47. The molecule has 1 unspecified atom stereocenters. The molecule has 1 heterocycles. The SMILES string of the molecule is Br.CCN(CC)CCN(C)C1N=C(N(C)C)SS1. The largest absolute Gasteiger partial charge is 0.357 e. The summed E-state index contributed by atoms with van der Waals surface area (Å²) >= 11 is 0. The first-order valence-electron chi connectivity index (χ1n) is 6.09. The summed E-state index contributed by atoms with van der Waals surface area (Å²) in [4.78, 5) is 11.5. The minimum atomic E-state index is 0. The molecule has 108 valence electrons. The molecule has 1 aliphatic rings. The smallest absolute Gasteiger partial charge is 0.172 e. The fourth-order valence-corrected chi connectivity index (χ4v) is 4.12. The third-order valence-corrected chi connectivity index (χ3v) is 5.46. The van der Waals surface area contributed by atoms with Gasteiger partial charge in [0.1, 0.15) is 0 Å². The highest BCUT2D eigenvalue weighted by molar-refractivity contribution is 8.93. The summed E-state index contributed by atoms with van der Waals surface area (Å²) in [5, 5.41) is 1.12. The van der Waals surface area contributed by atoms with E-state index in [2.05, 4.69) is 35.6 Å². The van der Waals surface area contributed by atoms with Crippen molar-refractivity contribution in [2.75, 3.05) is 47.3 Å². The second-order valence-corrected chi connectivity index (χ2v) is 6.54. The Morgan fingerprint density at radius 2 is 1.72 bits per heavy atom. The minimum absolute atomic E-state index is 0. The van der Waals surface area contributed by atoms with Gasteiger partial charge in [0.05, 0.1) is 0 Å². The zero-order valence-corrected chi connectivity index (χ0v) is 15.3. The van der Waals surface area contributed by atoms with Crippen molar-refractivity contribution in [3.05, 3.63) is 0 Å². The molecule has 0 amide bonds. The van der Waals surface area contributed by atoms with Crippen LogP contribution in [0.5, 0.6) is 0 Å². The van der Waals surface area contributed by atoms with Crippen molar-refractivity contribution in [1.29, 1.82) is 0 Å². The highest BCUT2D eigenvalue weighted by Crippen LogP contribution is 2.37. The van der Waals surface area contributed by atoms with Crippen LogP contribution in [0.4, 0.5) is 0 Å². The normalized spacial score (nSPS) is 19.1. The van der Waals surface area contributed by atoms with Crippen LogP contribution in [0.3, 0.4) is 0 Å². The molecule has 4 nitrogen and oxygen atoms in total. The van der Waals surface area contributed by atoms with Crippen molar-refractivity contribution in [3.8, 4) is 0 Å². The number of rotatable bonds is 6. The third kappa shape index (κ3) is 5.69. The Hall–Kier alpha value is 0.570. The summed E-state index contributed by atoms with van der Waals surface area (Å²) in [6.07, 6.45) is 0. The lowest BCUT2D eigenvalue weighted by Gasteiger charge is -2.24. The Morgan fingerprint density at radius 1 is 1.11 bits per heavy atom. The average Bonchev–Trinajstić information content (AvgIpc) is 2.79. The first-order valence-corrected chi connectivity index (χ1v) is 8.30. The van der Waals surface area contributed by atoms with Crippen molar-refractivity contribution >= 4 is 43.7 Å². The quantitative estimate of drug-likeness (QED) is 0.679. The average molecular weight is 357 g/mol. The molecule has 0 aromatic rings. The van der Waals surface area contributed by atoms with Crippen LogP contribution >= 0.6 is 38.6 Å². The van der Waals surface area contributed by atoms with E-state index in [1.165, 1.54) is 0 Å². The Morgan fingerprint density at radius 3 is 2.17 bits per heavy atom. The molecule has 7 heteroatoms. The van der Waals surface area contributed by atoms with E-state index in [0.29, 0.717) is 0 Å². The third-order valence-electron chi connectivity index (χ3n) is 2.85. The Labute approximate surface area is 130 Å². The molecular formula is C11H25BrN4S2. The molecular weight excluding hydrogens is 332 g/mol. The van der Waals surface area contributed by atoms with Crippen LogP contribution in [0.25, 0.3) is 0 Å². The predicted molar refractivity (Wildman–Crippen MR) is 90.8 cm³/mol. The molecule has 0 aliphatic carbocycles. The van der Waals surface area contributed by atoms with Gasteiger partial charge in [-0.15, -0.1) is 17.0 Å². The standard InChI is InChI=1S/C11H24N4S2.BrH/c1-6-15(7-2)9-8-14(5)11-12-10(13(3)4)16-17-11;/h11H,6-9H2,1-5H3;1H. The molecule has 0 saturated heterocycles. The molecule has 0 N–H and O–H groups in total. The van der Waals surface area contributed by atoms with Crippen molar-refractivity contribution in [1.82, 2.24) is 14.7 Å². The molecule has 0 aromatic carbocycles. The van der Waals surface area contributed by atoms with Gasteiger partial charge in [-0.1, -0.05) is 13.8 Å². The molecule has 0 saturated carbocycles. The van der Waals surface area contributed by atoms with Gasteiger partial charge in [0.15, 0.2) is 10.7 Å². The number of likely N-dealkylation sites (N-methyl/N-ethyl adjacent to an activating group) is 2. The lowest BCUT2D eigenvalue weighted by Crippen LogP contribution is -2.36. The summed E-state index contributed by atoms with van der Waals surface area (Å²) in [6.45, 7) is 8.88. The lowest BCUT2D eigenvalue weighted by molar-refractivity contribution is 0.235. The molecule has 18 heavy (non-hydrogen) atoms. The Balaban J connectivity index is 0.00000289. The summed E-state index contributed by atoms with van der Waals surface area (Å²) < 4.78 is 0. The van der Waals surface area contributed by atoms with E-state index in [-0.39, 0.29) is 22.5 Å². The van der Waals surface area contributed by atoms with Gasteiger partial charge in [0.2, 0.25) is 0 Å². The minimum Gasteiger partial charge on any atom is -0.357 e. The highest BCUT2D eigenvalue weighted by atomic mass is 79.9. The van der Waals surface area contributed by atoms with Gasteiger partial charge < -0.3 is 9.80 Å². The van der Waals surface area contributed by atoms with E-state index in [9.17, 15) is 0 Å². The van der Waals surface area contributed by atoms with Crippen molar-refractivity contribution in [2.45, 2.75) is 19.3 Å². The lowest BCUT2D eigenvalue weighted by atomic mass is 10.4. The molecule has 1 rings (SSSR count). The van der Waals surface area contributed by atoms with Crippen LogP contribution in [0.15, 0.2) is 4.99 Å². The van der Waals surface area contributed by atoms with E-state index in [1.807, 2.05) is 24.9 Å². The molecule has 0 bridgehead atoms. The fourth-order valence-electron chi connectivity index (χ4n) is 1.54. The van der Waals surface area contributed by atoms with Crippen LogP contribution in [0, 0.1) is 0 Å². The maximum Gasteiger partial charge on any atom is 0.172 e. The van der Waals surface area contributed by atoms with Crippen LogP contribution in [-0.2, 0) is 0 Å². The molecule has 0 radical (unpaired) electrons. The van der Waals surface area contributed by atoms with Gasteiger partial charge in [-0.2, -0.15) is 0 Å². The van der Waals surface area contributed by atoms with Gasteiger partial charge in [0, 0.05) is 27.2 Å². The monoisotopic (exact) mass is 356 g/mol. The zero-order valence-electron chi connectivity index (χ0n) is 11.9. The maximum atomic E-state index is 4.69.